The maximum Gasteiger partial charge on any atom is 0.229 e. The Morgan fingerprint density at radius 2 is 2.05 bits per heavy atom. The molecule has 114 valence electrons. The highest BCUT2D eigenvalue weighted by Gasteiger charge is 2.25. The third kappa shape index (κ3) is 5.31. The molecule has 0 aliphatic carbocycles. The molecule has 0 aliphatic rings. The Morgan fingerprint density at radius 3 is 2.55 bits per heavy atom. The Labute approximate surface area is 132 Å². The van der Waals surface area contributed by atoms with Crippen molar-refractivity contribution >= 4 is 29.9 Å². The van der Waals surface area contributed by atoms with E-state index in [1.807, 2.05) is 38.2 Å². The van der Waals surface area contributed by atoms with Gasteiger partial charge < -0.3 is 10.6 Å². The molecule has 0 heterocycles. The van der Waals surface area contributed by atoms with Crippen LogP contribution in [0.5, 0.6) is 0 Å². The zero-order valence-electron chi connectivity index (χ0n) is 12.5. The molecule has 0 bridgehead atoms. The van der Waals surface area contributed by atoms with E-state index < -0.39 is 0 Å². The summed E-state index contributed by atoms with van der Waals surface area (Å²) in [5, 5.41) is 0.655. The lowest BCUT2D eigenvalue weighted by atomic mass is 9.92. The van der Waals surface area contributed by atoms with E-state index in [0.29, 0.717) is 18.1 Å². The Balaban J connectivity index is 0.00000361. The van der Waals surface area contributed by atoms with Crippen LogP contribution in [0.1, 0.15) is 32.3 Å². The van der Waals surface area contributed by atoms with Crippen molar-refractivity contribution in [3.8, 4) is 0 Å². The molecule has 1 atom stereocenters. The Kier molecular flexibility index (Phi) is 7.56. The third-order valence-corrected chi connectivity index (χ3v) is 3.55. The monoisotopic (exact) mass is 318 g/mol. The summed E-state index contributed by atoms with van der Waals surface area (Å²) in [5.74, 6) is -0.110. The molecule has 0 aromatic heterocycles. The quantitative estimate of drug-likeness (QED) is 0.905. The van der Waals surface area contributed by atoms with Gasteiger partial charge >= 0.3 is 0 Å². The van der Waals surface area contributed by atoms with Gasteiger partial charge in [-0.25, -0.2) is 0 Å². The van der Waals surface area contributed by atoms with Gasteiger partial charge in [0, 0.05) is 18.6 Å². The van der Waals surface area contributed by atoms with Crippen LogP contribution in [0.2, 0.25) is 5.02 Å². The first kappa shape index (κ1) is 19.2. The van der Waals surface area contributed by atoms with Crippen LogP contribution in [-0.4, -0.2) is 30.9 Å². The second-order valence-electron chi connectivity index (χ2n) is 5.84. The van der Waals surface area contributed by atoms with E-state index in [9.17, 15) is 4.79 Å². The van der Waals surface area contributed by atoms with Crippen LogP contribution < -0.4 is 5.73 Å². The molecule has 0 saturated heterocycles. The SMILES string of the molecule is CC(C(=O)N(C)CC(C)(C)CN)c1cccc(Cl)c1.Cl. The molecule has 1 unspecified atom stereocenters. The van der Waals surface area contributed by atoms with Gasteiger partial charge in [-0.2, -0.15) is 0 Å². The van der Waals surface area contributed by atoms with Crippen molar-refractivity contribution in [3.63, 3.8) is 0 Å². The number of carbonyl (C=O) groups is 1. The van der Waals surface area contributed by atoms with Crippen LogP contribution in [0.25, 0.3) is 0 Å². The van der Waals surface area contributed by atoms with E-state index in [0.717, 1.165) is 5.56 Å². The number of benzene rings is 1. The summed E-state index contributed by atoms with van der Waals surface area (Å²) >= 11 is 5.96. The van der Waals surface area contributed by atoms with Gasteiger partial charge in [0.1, 0.15) is 0 Å². The minimum Gasteiger partial charge on any atom is -0.345 e. The highest BCUT2D eigenvalue weighted by Crippen LogP contribution is 2.22. The van der Waals surface area contributed by atoms with Crippen molar-refractivity contribution in [2.45, 2.75) is 26.7 Å². The van der Waals surface area contributed by atoms with Crippen molar-refractivity contribution in [1.29, 1.82) is 0 Å². The van der Waals surface area contributed by atoms with E-state index in [1.165, 1.54) is 0 Å². The van der Waals surface area contributed by atoms with Gasteiger partial charge in [0.15, 0.2) is 0 Å². The fraction of sp³-hybridized carbons (Fsp3) is 0.533. The molecule has 0 fully saturated rings. The van der Waals surface area contributed by atoms with Crippen molar-refractivity contribution < 1.29 is 4.79 Å². The second-order valence-corrected chi connectivity index (χ2v) is 6.28. The van der Waals surface area contributed by atoms with Crippen LogP contribution in [0.4, 0.5) is 0 Å². The maximum absolute atomic E-state index is 12.4. The molecule has 20 heavy (non-hydrogen) atoms. The zero-order valence-corrected chi connectivity index (χ0v) is 14.1. The molecule has 5 heteroatoms. The first-order valence-corrected chi connectivity index (χ1v) is 6.85. The summed E-state index contributed by atoms with van der Waals surface area (Å²) in [7, 11) is 1.82. The van der Waals surface area contributed by atoms with E-state index in [4.69, 9.17) is 17.3 Å². The lowest BCUT2D eigenvalue weighted by molar-refractivity contribution is -0.132. The minimum atomic E-state index is -0.197. The normalized spacial score (nSPS) is 12.5. The number of nitrogens with two attached hydrogens (primary N) is 1. The summed E-state index contributed by atoms with van der Waals surface area (Å²) in [6.45, 7) is 7.21. The lowest BCUT2D eigenvalue weighted by Crippen LogP contribution is -2.41. The number of halogens is 2. The molecule has 1 aromatic rings. The number of hydrogen-bond acceptors (Lipinski definition) is 2. The highest BCUT2D eigenvalue weighted by molar-refractivity contribution is 6.30. The standard InChI is InChI=1S/C15H23ClN2O.ClH/c1-11(12-6-5-7-13(16)8-12)14(19)18(4)10-15(2,3)9-17;/h5-8,11H,9-10,17H2,1-4H3;1H. The van der Waals surface area contributed by atoms with Crippen molar-refractivity contribution in [2.75, 3.05) is 20.1 Å². The molecule has 0 saturated carbocycles. The number of hydrogen-bond donors (Lipinski definition) is 1. The molecule has 2 N–H and O–H groups in total. The van der Waals surface area contributed by atoms with E-state index in [2.05, 4.69) is 13.8 Å². The molecular formula is C15H24Cl2N2O. The molecular weight excluding hydrogens is 295 g/mol. The van der Waals surface area contributed by atoms with E-state index in [-0.39, 0.29) is 29.6 Å². The van der Waals surface area contributed by atoms with Crippen LogP contribution in [0.15, 0.2) is 24.3 Å². The molecule has 1 aromatic carbocycles. The van der Waals surface area contributed by atoms with Crippen LogP contribution in [0.3, 0.4) is 0 Å². The van der Waals surface area contributed by atoms with Crippen LogP contribution in [-0.2, 0) is 4.79 Å². The Morgan fingerprint density at radius 1 is 1.45 bits per heavy atom. The number of rotatable bonds is 5. The first-order valence-electron chi connectivity index (χ1n) is 6.47. The number of carbonyl (C=O) groups excluding carboxylic acids is 1. The number of amides is 1. The molecule has 0 aliphatic heterocycles. The summed E-state index contributed by atoms with van der Waals surface area (Å²) in [4.78, 5) is 14.1. The Bertz CT molecular complexity index is 449. The van der Waals surface area contributed by atoms with E-state index in [1.54, 1.807) is 4.90 Å². The summed E-state index contributed by atoms with van der Waals surface area (Å²) in [5.41, 5.74) is 6.58. The average Bonchev–Trinajstić information content (AvgIpc) is 2.36. The number of nitrogens with zero attached hydrogens (tertiary/aromatic N) is 1. The van der Waals surface area contributed by atoms with Crippen LogP contribution in [0, 0.1) is 5.41 Å². The summed E-state index contributed by atoms with van der Waals surface area (Å²) < 4.78 is 0. The molecule has 0 spiro atoms. The second kappa shape index (κ2) is 7.87. The predicted molar refractivity (Wildman–Crippen MR) is 87.6 cm³/mol. The summed E-state index contributed by atoms with van der Waals surface area (Å²) in [6.07, 6.45) is 0. The lowest BCUT2D eigenvalue weighted by Gasteiger charge is -2.30. The van der Waals surface area contributed by atoms with Crippen molar-refractivity contribution in [2.24, 2.45) is 11.1 Å². The van der Waals surface area contributed by atoms with Gasteiger partial charge in [-0.3, -0.25) is 4.79 Å². The molecule has 0 radical (unpaired) electrons. The van der Waals surface area contributed by atoms with Gasteiger partial charge in [-0.15, -0.1) is 12.4 Å². The zero-order chi connectivity index (χ0) is 14.6. The fourth-order valence-electron chi connectivity index (χ4n) is 2.03. The van der Waals surface area contributed by atoms with E-state index >= 15 is 0 Å². The predicted octanol–water partition coefficient (Wildman–Crippen LogP) is 3.31. The Hall–Kier alpha value is -0.770. The average molecular weight is 319 g/mol. The number of likely N-dealkylation sites (N-methyl/N-ethyl adjacent to an activating group) is 1. The smallest absolute Gasteiger partial charge is 0.229 e. The van der Waals surface area contributed by atoms with Gasteiger partial charge in [-0.1, -0.05) is 37.6 Å². The van der Waals surface area contributed by atoms with Gasteiger partial charge in [-0.05, 0) is 36.6 Å². The first-order chi connectivity index (χ1) is 8.76. The van der Waals surface area contributed by atoms with Crippen molar-refractivity contribution in [3.05, 3.63) is 34.9 Å². The molecule has 1 amide bonds. The van der Waals surface area contributed by atoms with Gasteiger partial charge in [0.25, 0.3) is 0 Å². The maximum atomic E-state index is 12.4. The summed E-state index contributed by atoms with van der Waals surface area (Å²) in [6, 6.07) is 7.44. The largest absolute Gasteiger partial charge is 0.345 e. The fourth-order valence-corrected chi connectivity index (χ4v) is 2.23. The third-order valence-electron chi connectivity index (χ3n) is 3.31. The minimum absolute atomic E-state index is 0. The van der Waals surface area contributed by atoms with Gasteiger partial charge in [0.2, 0.25) is 5.91 Å². The highest BCUT2D eigenvalue weighted by atomic mass is 35.5. The van der Waals surface area contributed by atoms with Crippen molar-refractivity contribution in [1.82, 2.24) is 4.90 Å². The van der Waals surface area contributed by atoms with Crippen LogP contribution >= 0.6 is 24.0 Å². The van der Waals surface area contributed by atoms with Gasteiger partial charge in [0.05, 0.1) is 5.92 Å². The topological polar surface area (TPSA) is 46.3 Å². The molecule has 3 nitrogen and oxygen atoms in total. The molecule has 1 rings (SSSR count).